The van der Waals surface area contributed by atoms with Crippen molar-refractivity contribution in [3.05, 3.63) is 52.6 Å². The molecule has 0 atom stereocenters. The van der Waals surface area contributed by atoms with Crippen molar-refractivity contribution < 1.29 is 9.66 Å². The summed E-state index contributed by atoms with van der Waals surface area (Å²) in [6, 6.07) is 4.69. The average molecular weight is 260 g/mol. The zero-order valence-electron chi connectivity index (χ0n) is 10.2. The summed E-state index contributed by atoms with van der Waals surface area (Å²) in [5.41, 5.74) is 1.30. The summed E-state index contributed by atoms with van der Waals surface area (Å²) in [5.74, 6) is 0.232. The van der Waals surface area contributed by atoms with E-state index in [2.05, 4.69) is 15.3 Å². The van der Waals surface area contributed by atoms with Crippen molar-refractivity contribution in [3.63, 3.8) is 0 Å². The van der Waals surface area contributed by atoms with Gasteiger partial charge in [0.15, 0.2) is 5.75 Å². The van der Waals surface area contributed by atoms with Crippen molar-refractivity contribution in [2.45, 2.75) is 6.54 Å². The SMILES string of the molecule is COc1ccc(NCc2cnccn2)cc1[N+](=O)[O-]. The second-order valence-electron chi connectivity index (χ2n) is 3.69. The third-order valence-corrected chi connectivity index (χ3v) is 2.47. The second kappa shape index (κ2) is 5.76. The van der Waals surface area contributed by atoms with Crippen molar-refractivity contribution >= 4 is 11.4 Å². The molecule has 1 aromatic heterocycles. The van der Waals surface area contributed by atoms with Crippen LogP contribution in [-0.4, -0.2) is 22.0 Å². The first-order valence-corrected chi connectivity index (χ1v) is 5.52. The van der Waals surface area contributed by atoms with E-state index in [0.717, 1.165) is 5.69 Å². The Morgan fingerprint density at radius 1 is 1.42 bits per heavy atom. The molecule has 1 N–H and O–H groups in total. The Hall–Kier alpha value is -2.70. The first kappa shape index (κ1) is 12.7. The van der Waals surface area contributed by atoms with Crippen LogP contribution < -0.4 is 10.1 Å². The first-order valence-electron chi connectivity index (χ1n) is 5.52. The Morgan fingerprint density at radius 3 is 2.89 bits per heavy atom. The molecule has 7 nitrogen and oxygen atoms in total. The van der Waals surface area contributed by atoms with Gasteiger partial charge in [-0.1, -0.05) is 0 Å². The molecule has 0 aliphatic heterocycles. The number of hydrogen-bond donors (Lipinski definition) is 1. The van der Waals surface area contributed by atoms with Gasteiger partial charge in [-0.05, 0) is 12.1 Å². The molecule has 0 spiro atoms. The summed E-state index contributed by atoms with van der Waals surface area (Å²) in [6.07, 6.45) is 4.81. The number of nitrogens with one attached hydrogen (secondary N) is 1. The number of rotatable bonds is 5. The second-order valence-corrected chi connectivity index (χ2v) is 3.69. The number of methoxy groups -OCH3 is 1. The van der Waals surface area contributed by atoms with Gasteiger partial charge in [0.2, 0.25) is 0 Å². The zero-order valence-corrected chi connectivity index (χ0v) is 10.2. The van der Waals surface area contributed by atoms with Gasteiger partial charge in [0, 0.05) is 24.1 Å². The summed E-state index contributed by atoms with van der Waals surface area (Å²) in [4.78, 5) is 18.4. The number of hydrogen-bond acceptors (Lipinski definition) is 6. The molecule has 2 aromatic rings. The first-order chi connectivity index (χ1) is 9.20. The lowest BCUT2D eigenvalue weighted by molar-refractivity contribution is -0.385. The lowest BCUT2D eigenvalue weighted by atomic mass is 10.2. The monoisotopic (exact) mass is 260 g/mol. The quantitative estimate of drug-likeness (QED) is 0.653. The Kier molecular flexibility index (Phi) is 3.87. The van der Waals surface area contributed by atoms with E-state index in [1.165, 1.54) is 13.2 Å². The molecule has 0 saturated heterocycles. The largest absolute Gasteiger partial charge is 0.490 e. The Morgan fingerprint density at radius 2 is 2.26 bits per heavy atom. The predicted molar refractivity (Wildman–Crippen MR) is 69.0 cm³/mol. The molecule has 0 saturated carbocycles. The maximum atomic E-state index is 10.9. The van der Waals surface area contributed by atoms with Gasteiger partial charge in [0.1, 0.15) is 0 Å². The standard InChI is InChI=1S/C12H12N4O3/c1-19-12-3-2-9(6-11(12)16(17)18)15-8-10-7-13-4-5-14-10/h2-7,15H,8H2,1H3. The van der Waals surface area contributed by atoms with E-state index in [4.69, 9.17) is 4.74 Å². The topological polar surface area (TPSA) is 90.2 Å². The van der Waals surface area contributed by atoms with Gasteiger partial charge in [-0.15, -0.1) is 0 Å². The maximum Gasteiger partial charge on any atom is 0.312 e. The fraction of sp³-hybridized carbons (Fsp3) is 0.167. The van der Waals surface area contributed by atoms with Crippen LogP contribution in [0.4, 0.5) is 11.4 Å². The highest BCUT2D eigenvalue weighted by molar-refractivity contribution is 5.58. The van der Waals surface area contributed by atoms with Crippen molar-refractivity contribution in [2.75, 3.05) is 12.4 Å². The summed E-state index contributed by atoms with van der Waals surface area (Å²) in [6.45, 7) is 0.442. The number of nitrogens with zero attached hydrogens (tertiary/aromatic N) is 3. The van der Waals surface area contributed by atoms with Crippen LogP contribution in [-0.2, 0) is 6.54 Å². The highest BCUT2D eigenvalue weighted by atomic mass is 16.6. The third-order valence-electron chi connectivity index (χ3n) is 2.47. The molecule has 98 valence electrons. The van der Waals surface area contributed by atoms with Gasteiger partial charge < -0.3 is 10.1 Å². The van der Waals surface area contributed by atoms with E-state index in [9.17, 15) is 10.1 Å². The summed E-state index contributed by atoms with van der Waals surface area (Å²) < 4.78 is 4.93. The summed E-state index contributed by atoms with van der Waals surface area (Å²) >= 11 is 0. The molecule has 2 rings (SSSR count). The lowest BCUT2D eigenvalue weighted by Crippen LogP contribution is -2.02. The molecule has 0 unspecified atom stereocenters. The third kappa shape index (κ3) is 3.15. The molecule has 0 aliphatic rings. The Labute approximate surface area is 109 Å². The molecule has 0 bridgehead atoms. The molecule has 19 heavy (non-hydrogen) atoms. The minimum atomic E-state index is -0.480. The molecule has 1 heterocycles. The van der Waals surface area contributed by atoms with Crippen LogP contribution >= 0.6 is 0 Å². The normalized spacial score (nSPS) is 9.95. The fourth-order valence-corrected chi connectivity index (χ4v) is 1.56. The van der Waals surface area contributed by atoms with Gasteiger partial charge in [-0.2, -0.15) is 0 Å². The highest BCUT2D eigenvalue weighted by Gasteiger charge is 2.14. The van der Waals surface area contributed by atoms with Crippen LogP contribution in [0.25, 0.3) is 0 Å². The van der Waals surface area contributed by atoms with Crippen molar-refractivity contribution in [1.82, 2.24) is 9.97 Å². The summed E-state index contributed by atoms with van der Waals surface area (Å²) in [7, 11) is 1.40. The van der Waals surface area contributed by atoms with Crippen LogP contribution in [0.3, 0.4) is 0 Å². The number of aromatic nitrogens is 2. The van der Waals surface area contributed by atoms with Crippen LogP contribution in [0.2, 0.25) is 0 Å². The van der Waals surface area contributed by atoms with E-state index in [1.807, 2.05) is 0 Å². The van der Waals surface area contributed by atoms with Crippen molar-refractivity contribution in [3.8, 4) is 5.75 Å². The highest BCUT2D eigenvalue weighted by Crippen LogP contribution is 2.29. The van der Waals surface area contributed by atoms with Gasteiger partial charge in [0.25, 0.3) is 0 Å². The van der Waals surface area contributed by atoms with Gasteiger partial charge in [-0.3, -0.25) is 20.1 Å². The smallest absolute Gasteiger partial charge is 0.312 e. The Balaban J connectivity index is 2.13. The molecule has 0 fully saturated rings. The van der Waals surface area contributed by atoms with E-state index < -0.39 is 4.92 Å². The number of nitro benzene ring substituents is 1. The lowest BCUT2D eigenvalue weighted by Gasteiger charge is -2.07. The number of ether oxygens (including phenoxy) is 1. The van der Waals surface area contributed by atoms with Gasteiger partial charge in [-0.25, -0.2) is 0 Å². The number of anilines is 1. The minimum Gasteiger partial charge on any atom is -0.490 e. The van der Waals surface area contributed by atoms with Crippen LogP contribution in [0.1, 0.15) is 5.69 Å². The maximum absolute atomic E-state index is 10.9. The molecule has 1 aromatic carbocycles. The van der Waals surface area contributed by atoms with Gasteiger partial charge in [0.05, 0.1) is 30.5 Å². The fourth-order valence-electron chi connectivity index (χ4n) is 1.56. The molecule has 0 aliphatic carbocycles. The molecular weight excluding hydrogens is 248 g/mol. The summed E-state index contributed by atoms with van der Waals surface area (Å²) in [5, 5.41) is 13.9. The molecular formula is C12H12N4O3. The Bertz CT molecular complexity index is 574. The van der Waals surface area contributed by atoms with Crippen LogP contribution in [0.5, 0.6) is 5.75 Å². The van der Waals surface area contributed by atoms with Crippen LogP contribution in [0, 0.1) is 10.1 Å². The minimum absolute atomic E-state index is 0.0772. The van der Waals surface area contributed by atoms with E-state index >= 15 is 0 Å². The van der Waals surface area contributed by atoms with Crippen molar-refractivity contribution in [1.29, 1.82) is 0 Å². The van der Waals surface area contributed by atoms with E-state index in [-0.39, 0.29) is 11.4 Å². The number of nitro groups is 1. The van der Waals surface area contributed by atoms with E-state index in [0.29, 0.717) is 12.2 Å². The van der Waals surface area contributed by atoms with Crippen molar-refractivity contribution in [2.24, 2.45) is 0 Å². The molecule has 7 heteroatoms. The van der Waals surface area contributed by atoms with Gasteiger partial charge >= 0.3 is 5.69 Å². The molecule has 0 amide bonds. The predicted octanol–water partition coefficient (Wildman–Crippen LogP) is 2.01. The zero-order chi connectivity index (χ0) is 13.7. The molecule has 0 radical (unpaired) electrons. The number of benzene rings is 1. The van der Waals surface area contributed by atoms with Crippen LogP contribution in [0.15, 0.2) is 36.8 Å². The average Bonchev–Trinajstić information content (AvgIpc) is 2.46. The van der Waals surface area contributed by atoms with E-state index in [1.54, 1.807) is 30.7 Å².